The summed E-state index contributed by atoms with van der Waals surface area (Å²) < 4.78 is 11.1. The van der Waals surface area contributed by atoms with Crippen LogP contribution >= 0.6 is 0 Å². The van der Waals surface area contributed by atoms with Crippen molar-refractivity contribution >= 4 is 12.1 Å². The Balaban J connectivity index is 2.50. The monoisotopic (exact) mass is 357 g/mol. The van der Waals surface area contributed by atoms with E-state index in [0.717, 1.165) is 4.57 Å². The summed E-state index contributed by atoms with van der Waals surface area (Å²) in [4.78, 5) is 28.3. The molecule has 1 N–H and O–H groups in total. The van der Waals surface area contributed by atoms with E-state index in [4.69, 9.17) is 14.7 Å². The Bertz CT molecular complexity index is 820. The molecular formula is C18H19N3O5. The van der Waals surface area contributed by atoms with Gasteiger partial charge in [0.15, 0.2) is 0 Å². The van der Waals surface area contributed by atoms with Crippen LogP contribution in [0.4, 0.5) is 4.79 Å². The fourth-order valence-corrected chi connectivity index (χ4v) is 2.59. The van der Waals surface area contributed by atoms with E-state index in [1.165, 1.54) is 13.3 Å². The van der Waals surface area contributed by atoms with Crippen molar-refractivity contribution in [3.63, 3.8) is 0 Å². The molecule has 0 aliphatic carbocycles. The summed E-state index contributed by atoms with van der Waals surface area (Å²) >= 11 is 0. The Hall–Kier alpha value is -3.34. The molecule has 0 radical (unpaired) electrons. The third-order valence-corrected chi connectivity index (χ3v) is 3.80. The van der Waals surface area contributed by atoms with E-state index < -0.39 is 18.0 Å². The molecule has 0 fully saturated rings. The molecule has 136 valence electrons. The summed E-state index contributed by atoms with van der Waals surface area (Å²) in [5.74, 6) is -0.654. The summed E-state index contributed by atoms with van der Waals surface area (Å²) in [6.45, 7) is 1.82. The maximum atomic E-state index is 12.3. The SMILES string of the molecule is CCOC(=O)C(CCC#N)c1cnc(-c2ccc(OC)cc2)n1C(=O)O. The third-order valence-electron chi connectivity index (χ3n) is 3.80. The quantitative estimate of drug-likeness (QED) is 0.757. The van der Waals surface area contributed by atoms with E-state index in [2.05, 4.69) is 4.98 Å². The van der Waals surface area contributed by atoms with Crippen LogP contribution in [-0.4, -0.2) is 40.4 Å². The van der Waals surface area contributed by atoms with Crippen LogP contribution in [0.1, 0.15) is 31.4 Å². The molecule has 8 nitrogen and oxygen atoms in total. The minimum absolute atomic E-state index is 0.0894. The van der Waals surface area contributed by atoms with E-state index in [0.29, 0.717) is 11.3 Å². The van der Waals surface area contributed by atoms with E-state index in [1.807, 2.05) is 6.07 Å². The highest BCUT2D eigenvalue weighted by Gasteiger charge is 2.29. The Morgan fingerprint density at radius 3 is 2.58 bits per heavy atom. The lowest BCUT2D eigenvalue weighted by Gasteiger charge is -2.15. The molecule has 0 aliphatic rings. The van der Waals surface area contributed by atoms with Gasteiger partial charge in [-0.05, 0) is 37.6 Å². The average molecular weight is 357 g/mol. The zero-order valence-electron chi connectivity index (χ0n) is 14.5. The van der Waals surface area contributed by atoms with Crippen LogP contribution in [0.2, 0.25) is 0 Å². The lowest BCUT2D eigenvalue weighted by atomic mass is 10.00. The van der Waals surface area contributed by atoms with Crippen molar-refractivity contribution in [2.75, 3.05) is 13.7 Å². The van der Waals surface area contributed by atoms with Gasteiger partial charge in [-0.1, -0.05) is 0 Å². The second kappa shape index (κ2) is 8.67. The molecule has 1 aromatic heterocycles. The van der Waals surface area contributed by atoms with Crippen molar-refractivity contribution < 1.29 is 24.2 Å². The topological polar surface area (TPSA) is 114 Å². The van der Waals surface area contributed by atoms with Crippen LogP contribution in [0, 0.1) is 11.3 Å². The maximum absolute atomic E-state index is 12.3. The summed E-state index contributed by atoms with van der Waals surface area (Å²) in [7, 11) is 1.53. The van der Waals surface area contributed by atoms with Crippen LogP contribution in [0.25, 0.3) is 11.4 Å². The Kier molecular flexibility index (Phi) is 6.33. The number of carboxylic acid groups (broad SMARTS) is 1. The number of imidazole rings is 1. The van der Waals surface area contributed by atoms with Crippen LogP contribution in [0.15, 0.2) is 30.5 Å². The predicted octanol–water partition coefficient (Wildman–Crippen LogP) is 3.04. The number of benzene rings is 1. The fourth-order valence-electron chi connectivity index (χ4n) is 2.59. The first-order valence-corrected chi connectivity index (χ1v) is 8.02. The first-order valence-electron chi connectivity index (χ1n) is 8.02. The number of hydrogen-bond donors (Lipinski definition) is 1. The lowest BCUT2D eigenvalue weighted by Crippen LogP contribution is -2.22. The van der Waals surface area contributed by atoms with Crippen molar-refractivity contribution in [3.05, 3.63) is 36.2 Å². The van der Waals surface area contributed by atoms with Gasteiger partial charge in [-0.25, -0.2) is 14.3 Å². The smallest absolute Gasteiger partial charge is 0.417 e. The highest BCUT2D eigenvalue weighted by atomic mass is 16.5. The molecule has 2 rings (SSSR count). The standard InChI is InChI=1S/C18H19N3O5/c1-3-26-17(22)14(5-4-10-19)15-11-20-16(21(15)18(23)24)12-6-8-13(25-2)9-7-12/h6-9,11,14H,3-5H2,1-2H3,(H,23,24). The van der Waals surface area contributed by atoms with Gasteiger partial charge in [-0.2, -0.15) is 5.26 Å². The molecule has 1 unspecified atom stereocenters. The lowest BCUT2D eigenvalue weighted by molar-refractivity contribution is -0.145. The number of esters is 1. The number of nitrogens with zero attached hydrogens (tertiary/aromatic N) is 3. The zero-order valence-corrected chi connectivity index (χ0v) is 14.5. The zero-order chi connectivity index (χ0) is 19.1. The molecule has 0 spiro atoms. The van der Waals surface area contributed by atoms with E-state index in [-0.39, 0.29) is 31.0 Å². The fraction of sp³-hybridized carbons (Fsp3) is 0.333. The second-order valence-corrected chi connectivity index (χ2v) is 5.35. The summed E-state index contributed by atoms with van der Waals surface area (Å²) in [5.41, 5.74) is 0.736. The average Bonchev–Trinajstić information content (AvgIpc) is 3.07. The molecule has 1 aromatic carbocycles. The van der Waals surface area contributed by atoms with Gasteiger partial charge in [0.1, 0.15) is 17.5 Å². The number of hydrogen-bond acceptors (Lipinski definition) is 6. The van der Waals surface area contributed by atoms with Gasteiger partial charge in [0.25, 0.3) is 0 Å². The number of aromatic nitrogens is 2. The molecular weight excluding hydrogens is 338 g/mol. The number of carbonyl (C=O) groups excluding carboxylic acids is 1. The summed E-state index contributed by atoms with van der Waals surface area (Å²) in [6, 6.07) is 8.70. The molecule has 0 bridgehead atoms. The number of carbonyl (C=O) groups is 2. The van der Waals surface area contributed by atoms with Crippen LogP contribution in [0.5, 0.6) is 5.75 Å². The number of ether oxygens (including phenoxy) is 2. The highest BCUT2D eigenvalue weighted by molar-refractivity contribution is 5.82. The van der Waals surface area contributed by atoms with E-state index in [9.17, 15) is 14.7 Å². The minimum atomic E-state index is -1.27. The van der Waals surface area contributed by atoms with E-state index >= 15 is 0 Å². The molecule has 0 amide bonds. The predicted molar refractivity (Wildman–Crippen MR) is 91.9 cm³/mol. The van der Waals surface area contributed by atoms with Gasteiger partial charge in [0.05, 0.1) is 31.7 Å². The largest absolute Gasteiger partial charge is 0.497 e. The Morgan fingerprint density at radius 1 is 1.35 bits per heavy atom. The molecule has 2 aromatic rings. The molecule has 1 atom stereocenters. The van der Waals surface area contributed by atoms with Gasteiger partial charge in [0, 0.05) is 12.0 Å². The van der Waals surface area contributed by atoms with Gasteiger partial charge < -0.3 is 14.6 Å². The number of nitriles is 1. The maximum Gasteiger partial charge on any atom is 0.417 e. The minimum Gasteiger partial charge on any atom is -0.497 e. The molecule has 0 aliphatic heterocycles. The van der Waals surface area contributed by atoms with Gasteiger partial charge in [-0.3, -0.25) is 4.79 Å². The van der Waals surface area contributed by atoms with Crippen molar-refractivity contribution in [1.82, 2.24) is 9.55 Å². The molecule has 0 saturated carbocycles. The Labute approximate surface area is 150 Å². The normalized spacial score (nSPS) is 11.4. The molecule has 1 heterocycles. The summed E-state index contributed by atoms with van der Waals surface area (Å²) in [5, 5.41) is 18.5. The van der Waals surface area contributed by atoms with Crippen LogP contribution < -0.4 is 4.74 Å². The molecule has 26 heavy (non-hydrogen) atoms. The highest BCUT2D eigenvalue weighted by Crippen LogP contribution is 2.29. The Morgan fingerprint density at radius 2 is 2.04 bits per heavy atom. The van der Waals surface area contributed by atoms with E-state index in [1.54, 1.807) is 31.2 Å². The third kappa shape index (κ3) is 4.00. The van der Waals surface area contributed by atoms with Gasteiger partial charge in [0.2, 0.25) is 0 Å². The van der Waals surface area contributed by atoms with Crippen molar-refractivity contribution in [2.24, 2.45) is 0 Å². The molecule has 0 saturated heterocycles. The van der Waals surface area contributed by atoms with Crippen molar-refractivity contribution in [2.45, 2.75) is 25.7 Å². The second-order valence-electron chi connectivity index (χ2n) is 5.35. The van der Waals surface area contributed by atoms with Crippen molar-refractivity contribution in [1.29, 1.82) is 5.26 Å². The number of rotatable bonds is 7. The van der Waals surface area contributed by atoms with Crippen molar-refractivity contribution in [3.8, 4) is 23.2 Å². The first kappa shape index (κ1) is 19.0. The number of methoxy groups -OCH3 is 1. The van der Waals surface area contributed by atoms with Gasteiger partial charge in [-0.15, -0.1) is 0 Å². The van der Waals surface area contributed by atoms with Crippen LogP contribution in [-0.2, 0) is 9.53 Å². The van der Waals surface area contributed by atoms with Crippen LogP contribution in [0.3, 0.4) is 0 Å². The van der Waals surface area contributed by atoms with Gasteiger partial charge >= 0.3 is 12.1 Å². The molecule has 8 heteroatoms. The summed E-state index contributed by atoms with van der Waals surface area (Å²) in [6.07, 6.45) is 0.310. The first-order chi connectivity index (χ1) is 12.5.